The molecule has 1 saturated heterocycles. The number of ether oxygens (including phenoxy) is 2. The van der Waals surface area contributed by atoms with Crippen molar-refractivity contribution in [1.29, 1.82) is 0 Å². The van der Waals surface area contributed by atoms with Crippen LogP contribution in [0.25, 0.3) is 0 Å². The maximum Gasteiger partial charge on any atom is 0.158 e. The molecule has 0 spiro atoms. The fourth-order valence-electron chi connectivity index (χ4n) is 3.40. The SMILES string of the molecule is OOC1CCC2CC1OC(CCc1ccccc1)OCC2O. The minimum absolute atomic E-state index is 0.159. The molecule has 1 aromatic carbocycles. The van der Waals surface area contributed by atoms with Crippen LogP contribution in [0.15, 0.2) is 30.3 Å². The largest absolute Gasteiger partial charge is 0.390 e. The van der Waals surface area contributed by atoms with E-state index in [4.69, 9.17) is 14.7 Å². The van der Waals surface area contributed by atoms with Gasteiger partial charge in [0.25, 0.3) is 0 Å². The van der Waals surface area contributed by atoms with Gasteiger partial charge in [0, 0.05) is 6.42 Å². The molecule has 2 aliphatic rings. The van der Waals surface area contributed by atoms with E-state index in [1.807, 2.05) is 18.2 Å². The highest BCUT2D eigenvalue weighted by Gasteiger charge is 2.39. The molecule has 1 saturated carbocycles. The summed E-state index contributed by atoms with van der Waals surface area (Å²) in [6.45, 7) is 0.307. The van der Waals surface area contributed by atoms with Crippen LogP contribution in [0.1, 0.15) is 31.2 Å². The number of aryl methyl sites for hydroxylation is 1. The van der Waals surface area contributed by atoms with Crippen molar-refractivity contribution >= 4 is 0 Å². The average Bonchev–Trinajstić information content (AvgIpc) is 2.56. The number of hydrogen-bond acceptors (Lipinski definition) is 5. The summed E-state index contributed by atoms with van der Waals surface area (Å²) in [6, 6.07) is 10.2. The van der Waals surface area contributed by atoms with Gasteiger partial charge in [-0.25, -0.2) is 4.89 Å². The normalized spacial score (nSPS) is 35.6. The van der Waals surface area contributed by atoms with E-state index >= 15 is 0 Å². The number of aliphatic hydroxyl groups excluding tert-OH is 1. The van der Waals surface area contributed by atoms with Gasteiger partial charge in [-0.1, -0.05) is 30.3 Å². The lowest BCUT2D eigenvalue weighted by Gasteiger charge is -2.40. The topological polar surface area (TPSA) is 68.2 Å². The highest BCUT2D eigenvalue weighted by molar-refractivity contribution is 5.14. The van der Waals surface area contributed by atoms with Crippen LogP contribution in [0.3, 0.4) is 0 Å². The van der Waals surface area contributed by atoms with Crippen molar-refractivity contribution in [3.8, 4) is 0 Å². The Morgan fingerprint density at radius 3 is 2.77 bits per heavy atom. The van der Waals surface area contributed by atoms with Gasteiger partial charge in [-0.15, -0.1) is 0 Å². The molecule has 0 amide bonds. The summed E-state index contributed by atoms with van der Waals surface area (Å²) < 4.78 is 11.8. The molecule has 1 aliphatic carbocycles. The fraction of sp³-hybridized carbons (Fsp3) is 0.647. The van der Waals surface area contributed by atoms with Crippen molar-refractivity contribution in [2.24, 2.45) is 5.92 Å². The second kappa shape index (κ2) is 7.53. The zero-order valence-electron chi connectivity index (χ0n) is 12.6. The van der Waals surface area contributed by atoms with E-state index in [1.54, 1.807) is 0 Å². The van der Waals surface area contributed by atoms with Gasteiger partial charge in [-0.2, -0.15) is 0 Å². The van der Waals surface area contributed by atoms with Crippen LogP contribution in [-0.4, -0.2) is 41.6 Å². The molecular weight excluding hydrogens is 284 g/mol. The number of fused-ring (bicyclic) bond motifs is 2. The zero-order chi connectivity index (χ0) is 15.4. The maximum atomic E-state index is 10.2. The standard InChI is InChI=1S/C17H24O5/c18-14-11-20-17(9-6-12-4-2-1-3-5-12)21-16-10-13(14)7-8-15(16)22-19/h1-5,13-19H,6-11H2. The summed E-state index contributed by atoms with van der Waals surface area (Å²) in [7, 11) is 0. The van der Waals surface area contributed by atoms with Gasteiger partial charge < -0.3 is 14.6 Å². The molecule has 3 rings (SSSR count). The number of benzene rings is 1. The average molecular weight is 308 g/mol. The van der Waals surface area contributed by atoms with E-state index in [-0.39, 0.29) is 24.4 Å². The first-order valence-corrected chi connectivity index (χ1v) is 8.05. The highest BCUT2D eigenvalue weighted by atomic mass is 17.1. The molecule has 2 bridgehead atoms. The van der Waals surface area contributed by atoms with Crippen LogP contribution in [0.2, 0.25) is 0 Å². The Balaban J connectivity index is 1.61. The smallest absolute Gasteiger partial charge is 0.158 e. The molecule has 22 heavy (non-hydrogen) atoms. The van der Waals surface area contributed by atoms with Crippen LogP contribution >= 0.6 is 0 Å². The van der Waals surface area contributed by atoms with E-state index < -0.39 is 6.10 Å². The lowest BCUT2D eigenvalue weighted by molar-refractivity contribution is -0.330. The van der Waals surface area contributed by atoms with Crippen LogP contribution in [0.5, 0.6) is 0 Å². The number of hydrogen-bond donors (Lipinski definition) is 2. The molecule has 1 aromatic rings. The Bertz CT molecular complexity index is 452. The molecule has 0 aromatic heterocycles. The number of aliphatic hydroxyl groups is 1. The molecule has 2 N–H and O–H groups in total. The lowest BCUT2D eigenvalue weighted by Crippen LogP contribution is -2.46. The third kappa shape index (κ3) is 3.86. The van der Waals surface area contributed by atoms with Gasteiger partial charge in [-0.3, -0.25) is 5.26 Å². The third-order valence-corrected chi connectivity index (χ3v) is 4.74. The minimum atomic E-state index is -0.467. The Labute approximate surface area is 130 Å². The van der Waals surface area contributed by atoms with Crippen LogP contribution in [0.4, 0.5) is 0 Å². The van der Waals surface area contributed by atoms with Crippen molar-refractivity contribution in [2.75, 3.05) is 6.61 Å². The monoisotopic (exact) mass is 308 g/mol. The first kappa shape index (κ1) is 15.9. The van der Waals surface area contributed by atoms with Crippen LogP contribution in [-0.2, 0) is 20.8 Å². The molecule has 5 unspecified atom stereocenters. The van der Waals surface area contributed by atoms with Gasteiger partial charge in [0.1, 0.15) is 6.10 Å². The van der Waals surface area contributed by atoms with Gasteiger partial charge >= 0.3 is 0 Å². The van der Waals surface area contributed by atoms with Crippen molar-refractivity contribution in [3.63, 3.8) is 0 Å². The molecule has 5 atom stereocenters. The maximum absolute atomic E-state index is 10.2. The van der Waals surface area contributed by atoms with Gasteiger partial charge in [0.2, 0.25) is 0 Å². The molecule has 2 fully saturated rings. The predicted octanol–water partition coefficient (Wildman–Crippen LogP) is 2.38. The van der Waals surface area contributed by atoms with Crippen molar-refractivity contribution in [3.05, 3.63) is 35.9 Å². The van der Waals surface area contributed by atoms with Crippen molar-refractivity contribution in [1.82, 2.24) is 0 Å². The highest BCUT2D eigenvalue weighted by Crippen LogP contribution is 2.33. The summed E-state index contributed by atoms with van der Waals surface area (Å²) in [5.41, 5.74) is 1.23. The Kier molecular flexibility index (Phi) is 5.44. The summed E-state index contributed by atoms with van der Waals surface area (Å²) in [5, 5.41) is 19.2. The molecule has 5 heteroatoms. The van der Waals surface area contributed by atoms with Crippen LogP contribution < -0.4 is 0 Å². The van der Waals surface area contributed by atoms with E-state index in [9.17, 15) is 5.11 Å². The molecule has 1 aliphatic heterocycles. The Morgan fingerprint density at radius 1 is 1.18 bits per heavy atom. The summed E-state index contributed by atoms with van der Waals surface area (Å²) >= 11 is 0. The molecule has 5 nitrogen and oxygen atoms in total. The predicted molar refractivity (Wildman–Crippen MR) is 80.2 cm³/mol. The Morgan fingerprint density at radius 2 is 2.00 bits per heavy atom. The third-order valence-electron chi connectivity index (χ3n) is 4.74. The number of rotatable bonds is 4. The first-order chi connectivity index (χ1) is 10.8. The summed E-state index contributed by atoms with van der Waals surface area (Å²) in [4.78, 5) is 4.56. The van der Waals surface area contributed by atoms with Crippen molar-refractivity contribution < 1.29 is 24.7 Å². The van der Waals surface area contributed by atoms with Gasteiger partial charge in [-0.05, 0) is 37.2 Å². The van der Waals surface area contributed by atoms with Gasteiger partial charge in [0.15, 0.2) is 6.29 Å². The zero-order valence-corrected chi connectivity index (χ0v) is 12.6. The van der Waals surface area contributed by atoms with E-state index in [0.29, 0.717) is 19.4 Å². The van der Waals surface area contributed by atoms with E-state index in [2.05, 4.69) is 17.0 Å². The summed E-state index contributed by atoms with van der Waals surface area (Å²) in [6.07, 6.45) is 2.40. The minimum Gasteiger partial charge on any atom is -0.390 e. The molecule has 0 radical (unpaired) electrons. The van der Waals surface area contributed by atoms with Crippen LogP contribution in [0, 0.1) is 5.92 Å². The molecule has 122 valence electrons. The quantitative estimate of drug-likeness (QED) is 0.660. The first-order valence-electron chi connectivity index (χ1n) is 8.05. The molecule has 1 heterocycles. The van der Waals surface area contributed by atoms with Crippen molar-refractivity contribution in [2.45, 2.75) is 56.7 Å². The lowest BCUT2D eigenvalue weighted by atomic mass is 9.82. The Hall–Kier alpha value is -0.980. The van der Waals surface area contributed by atoms with E-state index in [0.717, 1.165) is 19.3 Å². The second-order valence-corrected chi connectivity index (χ2v) is 6.25. The van der Waals surface area contributed by atoms with Gasteiger partial charge in [0.05, 0.1) is 18.8 Å². The fourth-order valence-corrected chi connectivity index (χ4v) is 3.40. The van der Waals surface area contributed by atoms with E-state index in [1.165, 1.54) is 5.56 Å². The summed E-state index contributed by atoms with van der Waals surface area (Å²) in [5.74, 6) is 0.159. The molecular formula is C17H24O5. The second-order valence-electron chi connectivity index (χ2n) is 6.25.